The number of aliphatic hydroxyl groups is 1. The SMILES string of the molecule is CC/C=C\C/C=C\C/C=C\C/C=C\C/C=C\C/C=C\C/C=C\CCCCCCCCCCCCCCCCCC(=O)OC(CO)COC(=O)CCCCCCCCCCCCC/C=C\C/C=C\C/C=C\C/C=C\C/C=C\CC. The Morgan fingerprint density at radius 3 is 0.769 bits per heavy atom. The number of hydrogen-bond donors (Lipinski definition) is 1. The molecule has 0 amide bonds. The summed E-state index contributed by atoms with van der Waals surface area (Å²) in [5.41, 5.74) is 0. The van der Waals surface area contributed by atoms with Gasteiger partial charge in [0, 0.05) is 12.8 Å². The molecule has 0 aromatic heterocycles. The van der Waals surface area contributed by atoms with E-state index in [9.17, 15) is 14.7 Å². The molecule has 0 saturated carbocycles. The molecule has 0 heterocycles. The predicted octanol–water partition coefficient (Wildman–Crippen LogP) is 22.5. The summed E-state index contributed by atoms with van der Waals surface area (Å²) in [6, 6.07) is 0. The fraction of sp³-hybridized carbons (Fsp3) is 0.644. The van der Waals surface area contributed by atoms with Crippen LogP contribution in [0.1, 0.15) is 284 Å². The fourth-order valence-electron chi connectivity index (χ4n) is 8.86. The van der Waals surface area contributed by atoms with Crippen molar-refractivity contribution in [3.8, 4) is 0 Å². The van der Waals surface area contributed by atoms with Crippen LogP contribution in [0.25, 0.3) is 0 Å². The van der Waals surface area contributed by atoms with Gasteiger partial charge < -0.3 is 14.6 Å². The zero-order valence-corrected chi connectivity index (χ0v) is 50.6. The van der Waals surface area contributed by atoms with Gasteiger partial charge in [-0.1, -0.05) is 301 Å². The van der Waals surface area contributed by atoms with Gasteiger partial charge in [-0.2, -0.15) is 0 Å². The quantitative estimate of drug-likeness (QED) is 0.0373. The van der Waals surface area contributed by atoms with Crippen LogP contribution in [-0.2, 0) is 19.1 Å². The molecule has 442 valence electrons. The summed E-state index contributed by atoms with van der Waals surface area (Å²) in [5, 5.41) is 9.69. The lowest BCUT2D eigenvalue weighted by atomic mass is 10.0. The number of ether oxygens (including phenoxy) is 2. The van der Waals surface area contributed by atoms with Crippen LogP contribution in [-0.4, -0.2) is 36.4 Å². The summed E-state index contributed by atoms with van der Waals surface area (Å²) in [6.45, 7) is 3.92. The van der Waals surface area contributed by atoms with Gasteiger partial charge >= 0.3 is 11.9 Å². The minimum absolute atomic E-state index is 0.0732. The lowest BCUT2D eigenvalue weighted by molar-refractivity contribution is -0.161. The molecule has 1 atom stereocenters. The lowest BCUT2D eigenvalue weighted by Gasteiger charge is -2.15. The van der Waals surface area contributed by atoms with Gasteiger partial charge in [0.15, 0.2) is 6.10 Å². The van der Waals surface area contributed by atoms with Crippen molar-refractivity contribution in [3.05, 3.63) is 146 Å². The molecular formula is C73H120O5. The Balaban J connectivity index is 3.51. The number of carbonyl (C=O) groups excluding carboxylic acids is 2. The number of aliphatic hydroxyl groups excluding tert-OH is 1. The van der Waals surface area contributed by atoms with Crippen molar-refractivity contribution in [2.24, 2.45) is 0 Å². The number of esters is 2. The minimum Gasteiger partial charge on any atom is -0.462 e. The third kappa shape index (κ3) is 64.3. The van der Waals surface area contributed by atoms with Crippen molar-refractivity contribution in [3.63, 3.8) is 0 Å². The second-order valence-corrected chi connectivity index (χ2v) is 21.1. The smallest absolute Gasteiger partial charge is 0.306 e. The van der Waals surface area contributed by atoms with Gasteiger partial charge in [-0.3, -0.25) is 9.59 Å². The number of unbranched alkanes of at least 4 members (excludes halogenated alkanes) is 26. The van der Waals surface area contributed by atoms with E-state index in [2.05, 4.69) is 160 Å². The van der Waals surface area contributed by atoms with Crippen molar-refractivity contribution in [1.29, 1.82) is 0 Å². The Morgan fingerprint density at radius 1 is 0.295 bits per heavy atom. The molecule has 0 spiro atoms. The van der Waals surface area contributed by atoms with E-state index in [1.807, 2.05) is 0 Å². The normalized spacial score (nSPS) is 13.2. The van der Waals surface area contributed by atoms with E-state index in [0.29, 0.717) is 12.8 Å². The number of hydrogen-bond acceptors (Lipinski definition) is 5. The van der Waals surface area contributed by atoms with E-state index in [-0.39, 0.29) is 25.2 Å². The largest absolute Gasteiger partial charge is 0.462 e. The Labute approximate surface area is 482 Å². The van der Waals surface area contributed by atoms with Crippen molar-refractivity contribution >= 4 is 11.9 Å². The lowest BCUT2D eigenvalue weighted by Crippen LogP contribution is -2.28. The highest BCUT2D eigenvalue weighted by Gasteiger charge is 2.16. The van der Waals surface area contributed by atoms with Crippen LogP contribution in [0.15, 0.2) is 146 Å². The molecule has 0 bridgehead atoms. The Morgan fingerprint density at radius 2 is 0.513 bits per heavy atom. The molecule has 0 aliphatic heterocycles. The summed E-state index contributed by atoms with van der Waals surface area (Å²) in [6.07, 6.45) is 101. The minimum atomic E-state index is -0.783. The van der Waals surface area contributed by atoms with Gasteiger partial charge in [-0.15, -0.1) is 0 Å². The number of carbonyl (C=O) groups is 2. The molecule has 78 heavy (non-hydrogen) atoms. The van der Waals surface area contributed by atoms with Crippen molar-refractivity contribution in [2.75, 3.05) is 13.2 Å². The molecule has 0 aliphatic carbocycles. The third-order valence-electron chi connectivity index (χ3n) is 13.6. The van der Waals surface area contributed by atoms with E-state index in [1.165, 1.54) is 141 Å². The molecule has 0 rings (SSSR count). The average molecular weight is 1080 g/mol. The Hall–Kier alpha value is -4.22. The maximum Gasteiger partial charge on any atom is 0.306 e. The van der Waals surface area contributed by atoms with Crippen LogP contribution in [0.2, 0.25) is 0 Å². The van der Waals surface area contributed by atoms with Crippen LogP contribution >= 0.6 is 0 Å². The van der Waals surface area contributed by atoms with Crippen LogP contribution in [0, 0.1) is 0 Å². The molecule has 0 radical (unpaired) electrons. The van der Waals surface area contributed by atoms with Gasteiger partial charge in [-0.05, 0) is 116 Å². The fourth-order valence-corrected chi connectivity index (χ4v) is 8.86. The summed E-state index contributed by atoms with van der Waals surface area (Å²) in [4.78, 5) is 24.6. The van der Waals surface area contributed by atoms with E-state index >= 15 is 0 Å². The van der Waals surface area contributed by atoms with Gasteiger partial charge in [0.25, 0.3) is 0 Å². The van der Waals surface area contributed by atoms with E-state index < -0.39 is 6.10 Å². The molecule has 1 N–H and O–H groups in total. The second kappa shape index (κ2) is 67.1. The van der Waals surface area contributed by atoms with E-state index in [1.54, 1.807) is 0 Å². The highest BCUT2D eigenvalue weighted by molar-refractivity contribution is 5.70. The molecular weight excluding hydrogens is 957 g/mol. The maximum absolute atomic E-state index is 12.4. The summed E-state index contributed by atoms with van der Waals surface area (Å²) in [7, 11) is 0. The first-order valence-corrected chi connectivity index (χ1v) is 32.4. The molecule has 0 fully saturated rings. The van der Waals surface area contributed by atoms with Gasteiger partial charge in [0.2, 0.25) is 0 Å². The predicted molar refractivity (Wildman–Crippen MR) is 343 cm³/mol. The van der Waals surface area contributed by atoms with E-state index in [4.69, 9.17) is 9.47 Å². The summed E-state index contributed by atoms with van der Waals surface area (Å²) in [5.74, 6) is -0.594. The van der Waals surface area contributed by atoms with Crippen LogP contribution < -0.4 is 0 Å². The number of rotatable bonds is 58. The maximum atomic E-state index is 12.4. The van der Waals surface area contributed by atoms with Gasteiger partial charge in [-0.25, -0.2) is 0 Å². The van der Waals surface area contributed by atoms with Crippen LogP contribution in [0.4, 0.5) is 0 Å². The topological polar surface area (TPSA) is 72.8 Å². The zero-order valence-electron chi connectivity index (χ0n) is 50.6. The second-order valence-electron chi connectivity index (χ2n) is 21.1. The third-order valence-corrected chi connectivity index (χ3v) is 13.6. The molecule has 0 aliphatic rings. The molecule has 1 unspecified atom stereocenters. The Bertz CT molecular complexity index is 1650. The van der Waals surface area contributed by atoms with Crippen molar-refractivity contribution in [1.82, 2.24) is 0 Å². The van der Waals surface area contributed by atoms with Crippen molar-refractivity contribution in [2.45, 2.75) is 290 Å². The first-order chi connectivity index (χ1) is 38.6. The molecule has 5 heteroatoms. The number of allylic oxidation sites excluding steroid dienone is 24. The van der Waals surface area contributed by atoms with Crippen molar-refractivity contribution < 1.29 is 24.2 Å². The molecule has 0 aromatic carbocycles. The monoisotopic (exact) mass is 1080 g/mol. The standard InChI is InChI=1S/C73H120O5/c1-3-5-7-9-11-13-15-17-19-21-23-25-27-29-31-32-33-34-35-36-37-38-39-40-42-44-46-48-50-52-54-56-58-60-62-64-66-68-73(76)78-71(69-74)70-77-72(75)67-65-63-61-59-57-55-53-51-49-47-45-43-41-30-28-26-24-22-20-18-16-14-12-10-8-6-4-2/h5-8,11-14,17-20,23-26,29-31,33-34,36-37,41,71,74H,3-4,9-10,15-16,21-22,27-28,32,35,38-40,42-70H2,1-2H3/b7-5-,8-6-,13-11-,14-12-,19-17-,20-18-,25-23-,26-24-,31-29-,34-33-,37-36-,41-30-. The zero-order chi connectivity index (χ0) is 56.2. The average Bonchev–Trinajstić information content (AvgIpc) is 3.44. The van der Waals surface area contributed by atoms with Crippen LogP contribution in [0.3, 0.4) is 0 Å². The summed E-state index contributed by atoms with van der Waals surface area (Å²) < 4.78 is 10.7. The van der Waals surface area contributed by atoms with Gasteiger partial charge in [0.05, 0.1) is 6.61 Å². The first kappa shape index (κ1) is 73.8. The Kier molecular flexibility index (Phi) is 63.4. The first-order valence-electron chi connectivity index (χ1n) is 32.4. The van der Waals surface area contributed by atoms with Crippen LogP contribution in [0.5, 0.6) is 0 Å². The molecule has 5 nitrogen and oxygen atoms in total. The highest BCUT2D eigenvalue weighted by atomic mass is 16.6. The van der Waals surface area contributed by atoms with Gasteiger partial charge in [0.1, 0.15) is 6.61 Å². The summed E-state index contributed by atoms with van der Waals surface area (Å²) >= 11 is 0. The highest BCUT2D eigenvalue weighted by Crippen LogP contribution is 2.16. The molecule has 0 saturated heterocycles. The molecule has 0 aromatic rings. The van der Waals surface area contributed by atoms with E-state index in [0.717, 1.165) is 116 Å².